The van der Waals surface area contributed by atoms with Crippen molar-refractivity contribution in [3.8, 4) is 5.75 Å². The van der Waals surface area contributed by atoms with E-state index in [4.69, 9.17) is 0 Å². The minimum atomic E-state index is -4.84. The maximum Gasteiger partial charge on any atom is 0.573 e. The van der Waals surface area contributed by atoms with Gasteiger partial charge in [-0.05, 0) is 37.1 Å². The number of piperidine rings is 1. The summed E-state index contributed by atoms with van der Waals surface area (Å²) >= 11 is 0. The molecule has 0 bridgehead atoms. The number of esters is 1. The molecule has 1 fully saturated rings. The van der Waals surface area contributed by atoms with Crippen LogP contribution in [0.4, 0.5) is 13.2 Å². The van der Waals surface area contributed by atoms with Crippen molar-refractivity contribution in [1.82, 2.24) is 4.31 Å². The fourth-order valence-corrected chi connectivity index (χ4v) is 3.93. The van der Waals surface area contributed by atoms with E-state index in [2.05, 4.69) is 9.47 Å². The maximum absolute atomic E-state index is 12.5. The van der Waals surface area contributed by atoms with Gasteiger partial charge in [-0.3, -0.25) is 4.79 Å². The van der Waals surface area contributed by atoms with Crippen molar-refractivity contribution in [3.05, 3.63) is 24.3 Å². The smallest absolute Gasteiger partial charge is 0.469 e. The molecular formula is C14H16F3NO5S. The van der Waals surface area contributed by atoms with Gasteiger partial charge in [-0.2, -0.15) is 4.31 Å². The van der Waals surface area contributed by atoms with Crippen LogP contribution in [0.25, 0.3) is 0 Å². The third-order valence-corrected chi connectivity index (χ3v) is 5.60. The van der Waals surface area contributed by atoms with E-state index in [0.717, 1.165) is 24.3 Å². The molecule has 6 nitrogen and oxygen atoms in total. The van der Waals surface area contributed by atoms with Crippen LogP contribution in [0.5, 0.6) is 5.75 Å². The largest absolute Gasteiger partial charge is 0.573 e. The quantitative estimate of drug-likeness (QED) is 0.763. The van der Waals surface area contributed by atoms with Crippen LogP contribution in [-0.4, -0.2) is 45.3 Å². The first kappa shape index (κ1) is 18.5. The zero-order valence-corrected chi connectivity index (χ0v) is 13.6. The predicted octanol–water partition coefficient (Wildman–Crippen LogP) is 2.16. The molecule has 0 aromatic heterocycles. The number of alkyl halides is 3. The standard InChI is InChI=1S/C14H16F3NO5S/c1-22-13(19)10-6-8-18(9-7-10)24(20,21)12-4-2-11(3-5-12)23-14(15,16)17/h2-5,10H,6-9H2,1H3. The van der Waals surface area contributed by atoms with Gasteiger partial charge in [0.15, 0.2) is 0 Å². The number of rotatable bonds is 4. The Hall–Kier alpha value is -1.81. The number of hydrogen-bond acceptors (Lipinski definition) is 5. The number of hydrogen-bond donors (Lipinski definition) is 0. The molecule has 0 radical (unpaired) electrons. The molecule has 0 unspecified atom stereocenters. The van der Waals surface area contributed by atoms with Crippen molar-refractivity contribution in [2.45, 2.75) is 24.1 Å². The highest BCUT2D eigenvalue weighted by Gasteiger charge is 2.33. The van der Waals surface area contributed by atoms with E-state index >= 15 is 0 Å². The lowest BCUT2D eigenvalue weighted by molar-refractivity contribution is -0.274. The second-order valence-electron chi connectivity index (χ2n) is 5.22. The number of methoxy groups -OCH3 is 1. The fraction of sp³-hybridized carbons (Fsp3) is 0.500. The molecule has 10 heteroatoms. The molecule has 2 rings (SSSR count). The molecule has 1 aromatic rings. The van der Waals surface area contributed by atoms with Crippen LogP contribution in [0.3, 0.4) is 0 Å². The van der Waals surface area contributed by atoms with Crippen LogP contribution in [-0.2, 0) is 19.6 Å². The van der Waals surface area contributed by atoms with Crippen molar-refractivity contribution >= 4 is 16.0 Å². The molecule has 0 amide bonds. The van der Waals surface area contributed by atoms with Crippen LogP contribution in [0, 0.1) is 5.92 Å². The van der Waals surface area contributed by atoms with Crippen LogP contribution >= 0.6 is 0 Å². The average molecular weight is 367 g/mol. The molecule has 0 saturated carbocycles. The summed E-state index contributed by atoms with van der Waals surface area (Å²) < 4.78 is 70.8. The number of ether oxygens (including phenoxy) is 2. The van der Waals surface area contributed by atoms with Gasteiger partial charge in [0.25, 0.3) is 0 Å². The number of carbonyl (C=O) groups is 1. The monoisotopic (exact) mass is 367 g/mol. The van der Waals surface area contributed by atoms with E-state index in [0.29, 0.717) is 12.8 Å². The Kier molecular flexibility index (Phi) is 5.38. The van der Waals surface area contributed by atoms with E-state index in [9.17, 15) is 26.4 Å². The lowest BCUT2D eigenvalue weighted by Crippen LogP contribution is -2.40. The summed E-state index contributed by atoms with van der Waals surface area (Å²) in [5, 5.41) is 0. The second-order valence-corrected chi connectivity index (χ2v) is 7.16. The minimum Gasteiger partial charge on any atom is -0.469 e. The first-order valence-corrected chi connectivity index (χ1v) is 8.51. The Morgan fingerprint density at radius 2 is 1.71 bits per heavy atom. The summed E-state index contributed by atoms with van der Waals surface area (Å²) in [5.74, 6) is -1.21. The molecule has 0 atom stereocenters. The minimum absolute atomic E-state index is 0.131. The van der Waals surface area contributed by atoms with Crippen LogP contribution in [0.1, 0.15) is 12.8 Å². The molecular weight excluding hydrogens is 351 g/mol. The van der Waals surface area contributed by atoms with Crippen molar-refractivity contribution in [1.29, 1.82) is 0 Å². The van der Waals surface area contributed by atoms with E-state index < -0.39 is 22.1 Å². The second kappa shape index (κ2) is 6.98. The number of benzene rings is 1. The van der Waals surface area contributed by atoms with Gasteiger partial charge in [0, 0.05) is 13.1 Å². The third-order valence-electron chi connectivity index (χ3n) is 3.68. The molecule has 1 aliphatic rings. The molecule has 0 spiro atoms. The first-order valence-electron chi connectivity index (χ1n) is 7.07. The highest BCUT2D eigenvalue weighted by Crippen LogP contribution is 2.27. The Bertz CT molecular complexity index is 679. The summed E-state index contributed by atoms with van der Waals surface area (Å²) in [6.07, 6.45) is -4.17. The lowest BCUT2D eigenvalue weighted by atomic mass is 9.99. The molecule has 134 valence electrons. The van der Waals surface area contributed by atoms with Crippen molar-refractivity contribution in [2.75, 3.05) is 20.2 Å². The molecule has 0 N–H and O–H groups in total. The number of sulfonamides is 1. The maximum atomic E-state index is 12.5. The van der Waals surface area contributed by atoms with Gasteiger partial charge in [-0.15, -0.1) is 13.2 Å². The van der Waals surface area contributed by atoms with Crippen molar-refractivity contribution in [3.63, 3.8) is 0 Å². The van der Waals surface area contributed by atoms with Gasteiger partial charge in [-0.25, -0.2) is 8.42 Å². The van der Waals surface area contributed by atoms with Gasteiger partial charge >= 0.3 is 12.3 Å². The van der Waals surface area contributed by atoms with Gasteiger partial charge in [0.1, 0.15) is 5.75 Å². The van der Waals surface area contributed by atoms with Crippen LogP contribution < -0.4 is 4.74 Å². The predicted molar refractivity (Wildman–Crippen MR) is 76.6 cm³/mol. The molecule has 1 aliphatic heterocycles. The first-order chi connectivity index (χ1) is 11.1. The van der Waals surface area contributed by atoms with E-state index in [1.54, 1.807) is 0 Å². The molecule has 0 aliphatic carbocycles. The van der Waals surface area contributed by atoms with E-state index in [-0.39, 0.29) is 29.9 Å². The molecule has 1 heterocycles. The Morgan fingerprint density at radius 3 is 2.17 bits per heavy atom. The highest BCUT2D eigenvalue weighted by atomic mass is 32.2. The zero-order chi connectivity index (χ0) is 18.0. The number of carbonyl (C=O) groups excluding carboxylic acids is 1. The Morgan fingerprint density at radius 1 is 1.17 bits per heavy atom. The lowest BCUT2D eigenvalue weighted by Gasteiger charge is -2.29. The highest BCUT2D eigenvalue weighted by molar-refractivity contribution is 7.89. The van der Waals surface area contributed by atoms with Gasteiger partial charge < -0.3 is 9.47 Å². The van der Waals surface area contributed by atoms with Gasteiger partial charge in [0.2, 0.25) is 10.0 Å². The molecule has 1 saturated heterocycles. The van der Waals surface area contributed by atoms with E-state index in [1.807, 2.05) is 0 Å². The summed E-state index contributed by atoms with van der Waals surface area (Å²) in [5.41, 5.74) is 0. The summed E-state index contributed by atoms with van der Waals surface area (Å²) in [6.45, 7) is 0.284. The summed E-state index contributed by atoms with van der Waals surface area (Å²) in [6, 6.07) is 4.01. The zero-order valence-electron chi connectivity index (χ0n) is 12.7. The SMILES string of the molecule is COC(=O)C1CCN(S(=O)(=O)c2ccc(OC(F)(F)F)cc2)CC1. The van der Waals surface area contributed by atoms with E-state index in [1.165, 1.54) is 11.4 Å². The van der Waals surface area contributed by atoms with Gasteiger partial charge in [0.05, 0.1) is 17.9 Å². The average Bonchev–Trinajstić information content (AvgIpc) is 2.53. The van der Waals surface area contributed by atoms with Crippen LogP contribution in [0.2, 0.25) is 0 Å². The summed E-state index contributed by atoms with van der Waals surface area (Å²) in [4.78, 5) is 11.3. The van der Waals surface area contributed by atoms with Crippen molar-refractivity contribution < 1.29 is 35.9 Å². The normalized spacial score (nSPS) is 17.5. The third kappa shape index (κ3) is 4.38. The Labute approximate surface area is 137 Å². The Balaban J connectivity index is 2.07. The van der Waals surface area contributed by atoms with Gasteiger partial charge in [-0.1, -0.05) is 0 Å². The molecule has 1 aromatic carbocycles. The van der Waals surface area contributed by atoms with Crippen LogP contribution in [0.15, 0.2) is 29.2 Å². The topological polar surface area (TPSA) is 72.9 Å². The number of halogens is 3. The fourth-order valence-electron chi connectivity index (χ4n) is 2.46. The summed E-state index contributed by atoms with van der Waals surface area (Å²) in [7, 11) is -2.56. The molecule has 24 heavy (non-hydrogen) atoms. The number of nitrogens with zero attached hydrogens (tertiary/aromatic N) is 1. The van der Waals surface area contributed by atoms with Crippen molar-refractivity contribution in [2.24, 2.45) is 5.92 Å².